The molecule has 0 atom stereocenters. The maximum absolute atomic E-state index is 5.82. The summed E-state index contributed by atoms with van der Waals surface area (Å²) in [7, 11) is 0. The Morgan fingerprint density at radius 3 is 2.69 bits per heavy atom. The van der Waals surface area contributed by atoms with E-state index < -0.39 is 0 Å². The molecule has 0 saturated carbocycles. The first-order chi connectivity index (χ1) is 7.75. The van der Waals surface area contributed by atoms with E-state index in [0.717, 1.165) is 17.1 Å². The maximum atomic E-state index is 5.82. The Bertz CT molecular complexity index is 468. The van der Waals surface area contributed by atoms with Crippen LogP contribution in [0.2, 0.25) is 0 Å². The fourth-order valence-corrected chi connectivity index (χ4v) is 1.40. The van der Waals surface area contributed by atoms with Gasteiger partial charge in [-0.1, -0.05) is 0 Å². The molecule has 0 fully saturated rings. The summed E-state index contributed by atoms with van der Waals surface area (Å²) in [6.07, 6.45) is 3.54. The van der Waals surface area contributed by atoms with Crippen molar-refractivity contribution in [1.29, 1.82) is 0 Å². The Kier molecular flexibility index (Phi) is 3.00. The van der Waals surface area contributed by atoms with Gasteiger partial charge in [0.15, 0.2) is 0 Å². The highest BCUT2D eigenvalue weighted by Gasteiger charge is 2.00. The van der Waals surface area contributed by atoms with Crippen LogP contribution in [0.1, 0.15) is 11.3 Å². The minimum Gasteiger partial charge on any atom is -0.396 e. The van der Waals surface area contributed by atoms with E-state index in [9.17, 15) is 0 Å². The fraction of sp³-hybridized carbons (Fsp3) is 0.167. The SMILES string of the molecule is Cc1ccc(N)c(NCc2ccncc2)n1. The summed E-state index contributed by atoms with van der Waals surface area (Å²) >= 11 is 0. The summed E-state index contributed by atoms with van der Waals surface area (Å²) in [6.45, 7) is 2.64. The second kappa shape index (κ2) is 4.61. The van der Waals surface area contributed by atoms with Crippen molar-refractivity contribution in [3.63, 3.8) is 0 Å². The van der Waals surface area contributed by atoms with E-state index in [2.05, 4.69) is 15.3 Å². The van der Waals surface area contributed by atoms with Crippen LogP contribution < -0.4 is 11.1 Å². The summed E-state index contributed by atoms with van der Waals surface area (Å²) in [6, 6.07) is 7.67. The largest absolute Gasteiger partial charge is 0.396 e. The third-order valence-electron chi connectivity index (χ3n) is 2.28. The van der Waals surface area contributed by atoms with Crippen molar-refractivity contribution in [2.45, 2.75) is 13.5 Å². The lowest BCUT2D eigenvalue weighted by Crippen LogP contribution is -2.05. The molecule has 0 aliphatic heterocycles. The maximum Gasteiger partial charge on any atom is 0.149 e. The zero-order valence-corrected chi connectivity index (χ0v) is 9.14. The summed E-state index contributed by atoms with van der Waals surface area (Å²) in [4.78, 5) is 8.30. The first-order valence-corrected chi connectivity index (χ1v) is 5.11. The lowest BCUT2D eigenvalue weighted by molar-refractivity contribution is 1.08. The highest BCUT2D eigenvalue weighted by molar-refractivity contribution is 5.61. The van der Waals surface area contributed by atoms with E-state index in [-0.39, 0.29) is 0 Å². The molecule has 82 valence electrons. The molecule has 0 aliphatic rings. The molecule has 2 aromatic rings. The lowest BCUT2D eigenvalue weighted by atomic mass is 10.2. The van der Waals surface area contributed by atoms with Crippen LogP contribution in [0.15, 0.2) is 36.7 Å². The number of nitrogen functional groups attached to an aromatic ring is 1. The van der Waals surface area contributed by atoms with Crippen LogP contribution in [0, 0.1) is 6.92 Å². The van der Waals surface area contributed by atoms with Crippen molar-refractivity contribution in [3.05, 3.63) is 47.9 Å². The molecule has 0 unspecified atom stereocenters. The first-order valence-electron chi connectivity index (χ1n) is 5.11. The summed E-state index contributed by atoms with van der Waals surface area (Å²) in [5.41, 5.74) is 8.58. The van der Waals surface area contributed by atoms with E-state index >= 15 is 0 Å². The van der Waals surface area contributed by atoms with Crippen molar-refractivity contribution >= 4 is 11.5 Å². The first kappa shape index (κ1) is 10.4. The molecule has 16 heavy (non-hydrogen) atoms. The Labute approximate surface area is 94.5 Å². The fourth-order valence-electron chi connectivity index (χ4n) is 1.40. The number of nitrogens with one attached hydrogen (secondary N) is 1. The molecule has 0 bridgehead atoms. The van der Waals surface area contributed by atoms with Gasteiger partial charge in [0.25, 0.3) is 0 Å². The van der Waals surface area contributed by atoms with Gasteiger partial charge in [-0.25, -0.2) is 4.98 Å². The van der Waals surface area contributed by atoms with Gasteiger partial charge in [-0.05, 0) is 36.8 Å². The molecule has 0 amide bonds. The van der Waals surface area contributed by atoms with E-state index in [1.165, 1.54) is 0 Å². The van der Waals surface area contributed by atoms with Gasteiger partial charge in [-0.2, -0.15) is 0 Å². The molecular weight excluding hydrogens is 200 g/mol. The Hall–Kier alpha value is -2.10. The smallest absolute Gasteiger partial charge is 0.149 e. The van der Waals surface area contributed by atoms with Gasteiger partial charge in [-0.3, -0.25) is 4.98 Å². The van der Waals surface area contributed by atoms with E-state index in [4.69, 9.17) is 5.73 Å². The van der Waals surface area contributed by atoms with Crippen LogP contribution in [0.5, 0.6) is 0 Å². The minimum absolute atomic E-state index is 0.666. The molecule has 2 heterocycles. The van der Waals surface area contributed by atoms with Crippen LogP contribution in [-0.2, 0) is 6.54 Å². The van der Waals surface area contributed by atoms with Crippen molar-refractivity contribution in [2.75, 3.05) is 11.1 Å². The number of nitrogens with zero attached hydrogens (tertiary/aromatic N) is 2. The average Bonchev–Trinajstić information content (AvgIpc) is 2.32. The number of hydrogen-bond acceptors (Lipinski definition) is 4. The van der Waals surface area contributed by atoms with Gasteiger partial charge in [0, 0.05) is 24.6 Å². The number of hydrogen-bond donors (Lipinski definition) is 2. The van der Waals surface area contributed by atoms with Gasteiger partial charge in [0.1, 0.15) is 5.82 Å². The minimum atomic E-state index is 0.666. The standard InChI is InChI=1S/C12H14N4/c1-9-2-3-11(13)12(16-9)15-8-10-4-6-14-7-5-10/h2-7H,8,13H2,1H3,(H,15,16). The van der Waals surface area contributed by atoms with E-state index in [1.54, 1.807) is 12.4 Å². The van der Waals surface area contributed by atoms with Crippen molar-refractivity contribution in [2.24, 2.45) is 0 Å². The lowest BCUT2D eigenvalue weighted by Gasteiger charge is -2.08. The predicted octanol–water partition coefficient (Wildman–Crippen LogP) is 1.98. The molecular formula is C12H14N4. The van der Waals surface area contributed by atoms with E-state index in [1.807, 2.05) is 31.2 Å². The van der Waals surface area contributed by atoms with Crippen LogP contribution in [-0.4, -0.2) is 9.97 Å². The van der Waals surface area contributed by atoms with Crippen molar-refractivity contribution in [1.82, 2.24) is 9.97 Å². The zero-order valence-electron chi connectivity index (χ0n) is 9.14. The third-order valence-corrected chi connectivity index (χ3v) is 2.28. The van der Waals surface area contributed by atoms with Crippen molar-refractivity contribution < 1.29 is 0 Å². The predicted molar refractivity (Wildman–Crippen MR) is 65.0 cm³/mol. The van der Waals surface area contributed by atoms with Gasteiger partial charge in [0.2, 0.25) is 0 Å². The molecule has 3 N–H and O–H groups in total. The number of aryl methyl sites for hydroxylation is 1. The number of nitrogens with two attached hydrogens (primary N) is 1. The molecule has 4 heteroatoms. The zero-order chi connectivity index (χ0) is 11.4. The highest BCUT2D eigenvalue weighted by atomic mass is 15.0. The third kappa shape index (κ3) is 2.48. The monoisotopic (exact) mass is 214 g/mol. The van der Waals surface area contributed by atoms with E-state index in [0.29, 0.717) is 12.2 Å². The average molecular weight is 214 g/mol. The molecule has 4 nitrogen and oxygen atoms in total. The summed E-state index contributed by atoms with van der Waals surface area (Å²) < 4.78 is 0. The van der Waals surface area contributed by atoms with Gasteiger partial charge < -0.3 is 11.1 Å². The second-order valence-electron chi connectivity index (χ2n) is 3.60. The molecule has 2 aromatic heterocycles. The Morgan fingerprint density at radius 2 is 1.94 bits per heavy atom. The second-order valence-corrected chi connectivity index (χ2v) is 3.60. The van der Waals surface area contributed by atoms with Crippen LogP contribution in [0.3, 0.4) is 0 Å². The molecule has 0 aromatic carbocycles. The van der Waals surface area contributed by atoms with Crippen LogP contribution in [0.25, 0.3) is 0 Å². The molecule has 0 saturated heterocycles. The number of anilines is 2. The summed E-state index contributed by atoms with van der Waals surface area (Å²) in [5.74, 6) is 0.733. The topological polar surface area (TPSA) is 63.8 Å². The Morgan fingerprint density at radius 1 is 1.19 bits per heavy atom. The van der Waals surface area contributed by atoms with Crippen LogP contribution in [0.4, 0.5) is 11.5 Å². The summed E-state index contributed by atoms with van der Waals surface area (Å²) in [5, 5.41) is 3.21. The number of pyridine rings is 2. The van der Waals surface area contributed by atoms with Gasteiger partial charge >= 0.3 is 0 Å². The Balaban J connectivity index is 2.08. The van der Waals surface area contributed by atoms with Gasteiger partial charge in [0.05, 0.1) is 5.69 Å². The normalized spacial score (nSPS) is 10.1. The highest BCUT2D eigenvalue weighted by Crippen LogP contribution is 2.16. The van der Waals surface area contributed by atoms with Crippen LogP contribution >= 0.6 is 0 Å². The molecule has 0 aliphatic carbocycles. The van der Waals surface area contributed by atoms with Crippen molar-refractivity contribution in [3.8, 4) is 0 Å². The van der Waals surface area contributed by atoms with Gasteiger partial charge in [-0.15, -0.1) is 0 Å². The number of aromatic nitrogens is 2. The number of rotatable bonds is 3. The quantitative estimate of drug-likeness (QED) is 0.820. The molecule has 0 spiro atoms. The molecule has 0 radical (unpaired) electrons. The molecule has 2 rings (SSSR count).